The van der Waals surface area contributed by atoms with Crippen LogP contribution >= 0.6 is 11.6 Å². The van der Waals surface area contributed by atoms with E-state index < -0.39 is 0 Å². The van der Waals surface area contributed by atoms with Gasteiger partial charge in [0.15, 0.2) is 5.78 Å². The van der Waals surface area contributed by atoms with Crippen LogP contribution in [0.15, 0.2) is 48.5 Å². The van der Waals surface area contributed by atoms with Gasteiger partial charge in [-0.2, -0.15) is 0 Å². The lowest BCUT2D eigenvalue weighted by atomic mass is 9.80. The minimum atomic E-state index is 0.107. The van der Waals surface area contributed by atoms with Crippen molar-refractivity contribution in [2.24, 2.45) is 5.92 Å². The van der Waals surface area contributed by atoms with E-state index in [1.54, 1.807) is 0 Å². The Morgan fingerprint density at radius 1 is 1.05 bits per heavy atom. The summed E-state index contributed by atoms with van der Waals surface area (Å²) in [5, 5.41) is 0.740. The lowest BCUT2D eigenvalue weighted by Gasteiger charge is -2.23. The molecule has 0 bridgehead atoms. The summed E-state index contributed by atoms with van der Waals surface area (Å²) in [7, 11) is 0. The third-order valence-electron chi connectivity index (χ3n) is 3.81. The molecule has 1 aliphatic rings. The van der Waals surface area contributed by atoms with Crippen LogP contribution in [0.1, 0.15) is 27.9 Å². The lowest BCUT2D eigenvalue weighted by molar-refractivity contribution is 0.0901. The molecular formula is C17H15ClO. The van der Waals surface area contributed by atoms with Gasteiger partial charge >= 0.3 is 0 Å². The molecule has 2 heteroatoms. The molecule has 3 rings (SSSR count). The largest absolute Gasteiger partial charge is 0.294 e. The van der Waals surface area contributed by atoms with E-state index in [0.29, 0.717) is 0 Å². The number of carbonyl (C=O) groups excluding carboxylic acids is 1. The van der Waals surface area contributed by atoms with E-state index >= 15 is 0 Å². The van der Waals surface area contributed by atoms with E-state index in [0.717, 1.165) is 29.8 Å². The van der Waals surface area contributed by atoms with Crippen molar-refractivity contribution in [3.8, 4) is 0 Å². The number of hydrogen-bond donors (Lipinski definition) is 0. The molecule has 0 aromatic heterocycles. The number of carbonyl (C=O) groups is 1. The first kappa shape index (κ1) is 12.4. The van der Waals surface area contributed by atoms with Crippen molar-refractivity contribution < 1.29 is 4.79 Å². The summed E-state index contributed by atoms with van der Waals surface area (Å²) in [6.45, 7) is 0. The maximum atomic E-state index is 12.5. The zero-order valence-corrected chi connectivity index (χ0v) is 11.4. The maximum absolute atomic E-state index is 12.5. The molecule has 0 spiro atoms. The molecule has 0 heterocycles. The fourth-order valence-electron chi connectivity index (χ4n) is 2.76. The number of Topliss-reactive ketones (excluding diaryl/α,β-unsaturated/α-hetero) is 1. The molecule has 0 fully saturated rings. The molecule has 0 unspecified atom stereocenters. The first-order chi connectivity index (χ1) is 9.24. The van der Waals surface area contributed by atoms with Crippen LogP contribution in [-0.2, 0) is 12.8 Å². The molecule has 19 heavy (non-hydrogen) atoms. The minimum absolute atomic E-state index is 0.107. The highest BCUT2D eigenvalue weighted by Gasteiger charge is 2.26. The van der Waals surface area contributed by atoms with Crippen molar-refractivity contribution in [2.45, 2.75) is 19.3 Å². The first-order valence-corrected chi connectivity index (χ1v) is 6.98. The number of ketones is 1. The smallest absolute Gasteiger partial charge is 0.166 e. The molecule has 1 atom stereocenters. The quantitative estimate of drug-likeness (QED) is 0.794. The summed E-state index contributed by atoms with van der Waals surface area (Å²) >= 11 is 5.88. The SMILES string of the molecule is O=C1c2ccccc2CC[C@@H]1Cc1ccc(Cl)cc1. The van der Waals surface area contributed by atoms with Crippen molar-refractivity contribution in [1.29, 1.82) is 0 Å². The molecule has 0 saturated carbocycles. The topological polar surface area (TPSA) is 17.1 Å². The monoisotopic (exact) mass is 270 g/mol. The van der Waals surface area contributed by atoms with E-state index in [-0.39, 0.29) is 11.7 Å². The van der Waals surface area contributed by atoms with Gasteiger partial charge in [-0.15, -0.1) is 0 Å². The standard InChI is InChI=1S/C17H15ClO/c18-15-9-5-12(6-10-15)11-14-8-7-13-3-1-2-4-16(13)17(14)19/h1-6,9-10,14H,7-8,11H2/t14-/m1/s1. The Labute approximate surface area is 118 Å². The average Bonchev–Trinajstić information content (AvgIpc) is 2.45. The van der Waals surface area contributed by atoms with Crippen LogP contribution in [0.3, 0.4) is 0 Å². The number of aryl methyl sites for hydroxylation is 1. The van der Waals surface area contributed by atoms with Crippen LogP contribution in [0.25, 0.3) is 0 Å². The van der Waals surface area contributed by atoms with E-state index in [9.17, 15) is 4.79 Å². The molecule has 2 aromatic rings. The van der Waals surface area contributed by atoms with Gasteiger partial charge in [0.2, 0.25) is 0 Å². The highest BCUT2D eigenvalue weighted by Crippen LogP contribution is 2.28. The normalized spacial score (nSPS) is 18.2. The van der Waals surface area contributed by atoms with Gasteiger partial charge in [0.05, 0.1) is 0 Å². The van der Waals surface area contributed by atoms with Gasteiger partial charge in [0, 0.05) is 16.5 Å². The van der Waals surface area contributed by atoms with Crippen LogP contribution in [0, 0.1) is 5.92 Å². The van der Waals surface area contributed by atoms with Crippen LogP contribution in [-0.4, -0.2) is 5.78 Å². The fourth-order valence-corrected chi connectivity index (χ4v) is 2.89. The highest BCUT2D eigenvalue weighted by molar-refractivity contribution is 6.30. The summed E-state index contributed by atoms with van der Waals surface area (Å²) < 4.78 is 0. The second-order valence-corrected chi connectivity index (χ2v) is 5.52. The molecule has 0 amide bonds. The third kappa shape index (κ3) is 2.57. The summed E-state index contributed by atoms with van der Waals surface area (Å²) in [5.74, 6) is 0.396. The molecule has 0 N–H and O–H groups in total. The fraction of sp³-hybridized carbons (Fsp3) is 0.235. The number of hydrogen-bond acceptors (Lipinski definition) is 1. The Hall–Kier alpha value is -1.60. The van der Waals surface area contributed by atoms with Gasteiger partial charge in [0.1, 0.15) is 0 Å². The third-order valence-corrected chi connectivity index (χ3v) is 4.06. The van der Waals surface area contributed by atoms with Gasteiger partial charge in [-0.25, -0.2) is 0 Å². The van der Waals surface area contributed by atoms with Crippen molar-refractivity contribution in [2.75, 3.05) is 0 Å². The molecule has 0 radical (unpaired) electrons. The summed E-state index contributed by atoms with van der Waals surface area (Å²) in [4.78, 5) is 12.5. The lowest BCUT2D eigenvalue weighted by Crippen LogP contribution is -2.24. The Morgan fingerprint density at radius 3 is 2.58 bits per heavy atom. The number of fused-ring (bicyclic) bond motifs is 1. The van der Waals surface area contributed by atoms with Crippen LogP contribution < -0.4 is 0 Å². The van der Waals surface area contributed by atoms with E-state index in [1.807, 2.05) is 42.5 Å². The first-order valence-electron chi connectivity index (χ1n) is 6.60. The molecule has 0 aliphatic heterocycles. The molecule has 1 nitrogen and oxygen atoms in total. The van der Waals surface area contributed by atoms with Gasteiger partial charge in [-0.05, 0) is 42.5 Å². The van der Waals surface area contributed by atoms with E-state index in [4.69, 9.17) is 11.6 Å². The van der Waals surface area contributed by atoms with Crippen molar-refractivity contribution in [3.05, 3.63) is 70.2 Å². The van der Waals surface area contributed by atoms with Crippen molar-refractivity contribution in [1.82, 2.24) is 0 Å². The van der Waals surface area contributed by atoms with Gasteiger partial charge in [0.25, 0.3) is 0 Å². The van der Waals surface area contributed by atoms with Crippen molar-refractivity contribution >= 4 is 17.4 Å². The van der Waals surface area contributed by atoms with Gasteiger partial charge < -0.3 is 0 Å². The zero-order valence-electron chi connectivity index (χ0n) is 10.6. The summed E-state index contributed by atoms with van der Waals surface area (Å²) in [5.41, 5.74) is 3.29. The Balaban J connectivity index is 1.81. The number of rotatable bonds is 2. The molecular weight excluding hydrogens is 256 g/mol. The zero-order chi connectivity index (χ0) is 13.2. The van der Waals surface area contributed by atoms with E-state index in [2.05, 4.69) is 6.07 Å². The predicted octanol–water partition coefficient (Wildman–Crippen LogP) is 4.33. The number of halogens is 1. The summed E-state index contributed by atoms with van der Waals surface area (Å²) in [6, 6.07) is 15.8. The van der Waals surface area contributed by atoms with Gasteiger partial charge in [-0.3, -0.25) is 4.79 Å². The summed E-state index contributed by atoms with van der Waals surface area (Å²) in [6.07, 6.45) is 2.75. The number of benzene rings is 2. The second kappa shape index (κ2) is 5.18. The molecule has 2 aromatic carbocycles. The maximum Gasteiger partial charge on any atom is 0.166 e. The highest BCUT2D eigenvalue weighted by atomic mass is 35.5. The van der Waals surface area contributed by atoms with Gasteiger partial charge in [-0.1, -0.05) is 48.0 Å². The predicted molar refractivity (Wildman–Crippen MR) is 77.7 cm³/mol. The molecule has 96 valence electrons. The van der Waals surface area contributed by atoms with Crippen LogP contribution in [0.2, 0.25) is 5.02 Å². The Bertz CT molecular complexity index is 601. The second-order valence-electron chi connectivity index (χ2n) is 5.09. The van der Waals surface area contributed by atoms with Crippen molar-refractivity contribution in [3.63, 3.8) is 0 Å². The Kier molecular flexibility index (Phi) is 3.39. The van der Waals surface area contributed by atoms with E-state index in [1.165, 1.54) is 11.1 Å². The van der Waals surface area contributed by atoms with Crippen LogP contribution in [0.5, 0.6) is 0 Å². The molecule has 0 saturated heterocycles. The molecule has 1 aliphatic carbocycles. The van der Waals surface area contributed by atoms with Crippen LogP contribution in [0.4, 0.5) is 0 Å². The average molecular weight is 271 g/mol. The minimum Gasteiger partial charge on any atom is -0.294 e. The Morgan fingerprint density at radius 2 is 1.79 bits per heavy atom.